The standard InChI is InChI=1S/C18H27FN2O3/c1-18(23,14-7-9-15(19)10-8-14)13-21-17(22)20-11-4-12-24-16-5-2-3-6-16/h7-10,16,23H,2-6,11-13H2,1H3,(H2,20,21,22). The third kappa shape index (κ3) is 6.09. The van der Waals surface area contributed by atoms with Crippen molar-refractivity contribution in [3.05, 3.63) is 35.6 Å². The molecule has 0 saturated heterocycles. The topological polar surface area (TPSA) is 70.6 Å². The number of urea groups is 1. The molecule has 0 aromatic heterocycles. The minimum Gasteiger partial charge on any atom is -0.384 e. The molecular formula is C18H27FN2O3. The highest BCUT2D eigenvalue weighted by Crippen LogP contribution is 2.21. The van der Waals surface area contributed by atoms with Gasteiger partial charge < -0.3 is 20.5 Å². The summed E-state index contributed by atoms with van der Waals surface area (Å²) in [5, 5.41) is 15.7. The van der Waals surface area contributed by atoms with Crippen LogP contribution < -0.4 is 10.6 Å². The first-order chi connectivity index (χ1) is 11.5. The Kier molecular flexibility index (Phi) is 6.99. The van der Waals surface area contributed by atoms with E-state index in [9.17, 15) is 14.3 Å². The van der Waals surface area contributed by atoms with Gasteiger partial charge in [-0.05, 0) is 43.9 Å². The molecular weight excluding hydrogens is 311 g/mol. The Labute approximate surface area is 142 Å². The maximum atomic E-state index is 12.9. The predicted molar refractivity (Wildman–Crippen MR) is 90.2 cm³/mol. The van der Waals surface area contributed by atoms with Gasteiger partial charge in [0, 0.05) is 13.2 Å². The van der Waals surface area contributed by atoms with E-state index < -0.39 is 5.60 Å². The number of ether oxygens (including phenoxy) is 1. The summed E-state index contributed by atoms with van der Waals surface area (Å²) in [5.74, 6) is -0.361. The number of aliphatic hydroxyl groups is 1. The molecule has 0 aliphatic heterocycles. The molecule has 1 unspecified atom stereocenters. The smallest absolute Gasteiger partial charge is 0.314 e. The van der Waals surface area contributed by atoms with Gasteiger partial charge in [-0.15, -0.1) is 0 Å². The summed E-state index contributed by atoms with van der Waals surface area (Å²) in [6.07, 6.45) is 5.94. The first-order valence-electron chi connectivity index (χ1n) is 8.59. The Bertz CT molecular complexity index is 514. The fourth-order valence-electron chi connectivity index (χ4n) is 2.81. The number of benzene rings is 1. The predicted octanol–water partition coefficient (Wildman–Crippen LogP) is 2.68. The Morgan fingerprint density at radius 1 is 1.29 bits per heavy atom. The molecule has 1 saturated carbocycles. The number of carbonyl (C=O) groups is 1. The molecule has 0 radical (unpaired) electrons. The lowest BCUT2D eigenvalue weighted by atomic mass is 9.96. The van der Waals surface area contributed by atoms with Gasteiger partial charge >= 0.3 is 6.03 Å². The van der Waals surface area contributed by atoms with E-state index in [1.807, 2.05) is 0 Å². The second-order valence-corrected chi connectivity index (χ2v) is 6.52. The van der Waals surface area contributed by atoms with E-state index in [1.54, 1.807) is 6.92 Å². The van der Waals surface area contributed by atoms with Crippen LogP contribution in [0.4, 0.5) is 9.18 Å². The minimum atomic E-state index is -1.25. The van der Waals surface area contributed by atoms with E-state index in [-0.39, 0.29) is 18.4 Å². The molecule has 1 aliphatic carbocycles. The zero-order valence-corrected chi connectivity index (χ0v) is 14.2. The minimum absolute atomic E-state index is 0.0447. The van der Waals surface area contributed by atoms with Crippen molar-refractivity contribution in [3.63, 3.8) is 0 Å². The summed E-state index contributed by atoms with van der Waals surface area (Å²) < 4.78 is 18.6. The van der Waals surface area contributed by atoms with E-state index in [0.717, 1.165) is 19.3 Å². The van der Waals surface area contributed by atoms with Crippen LogP contribution in [0.1, 0.15) is 44.6 Å². The van der Waals surface area contributed by atoms with E-state index in [2.05, 4.69) is 10.6 Å². The number of carbonyl (C=O) groups excluding carboxylic acids is 1. The molecule has 1 atom stereocenters. The number of halogens is 1. The van der Waals surface area contributed by atoms with Crippen molar-refractivity contribution in [1.29, 1.82) is 0 Å². The molecule has 1 aliphatic rings. The number of nitrogens with one attached hydrogen (secondary N) is 2. The third-order valence-corrected chi connectivity index (χ3v) is 4.32. The Morgan fingerprint density at radius 2 is 1.96 bits per heavy atom. The summed E-state index contributed by atoms with van der Waals surface area (Å²) in [4.78, 5) is 11.8. The highest BCUT2D eigenvalue weighted by Gasteiger charge is 2.23. The van der Waals surface area contributed by atoms with E-state index in [0.29, 0.717) is 24.8 Å². The van der Waals surface area contributed by atoms with Crippen molar-refractivity contribution in [3.8, 4) is 0 Å². The Morgan fingerprint density at radius 3 is 2.62 bits per heavy atom. The largest absolute Gasteiger partial charge is 0.384 e. The SMILES string of the molecule is CC(O)(CNC(=O)NCCCOC1CCCC1)c1ccc(F)cc1. The molecule has 1 fully saturated rings. The van der Waals surface area contributed by atoms with E-state index >= 15 is 0 Å². The molecule has 2 rings (SSSR count). The van der Waals surface area contributed by atoms with E-state index in [1.165, 1.54) is 37.1 Å². The van der Waals surface area contributed by atoms with Crippen LogP contribution in [-0.2, 0) is 10.3 Å². The summed E-state index contributed by atoms with van der Waals surface area (Å²) in [7, 11) is 0. The first kappa shape index (κ1) is 18.7. The van der Waals surface area contributed by atoms with Crippen molar-refractivity contribution in [2.75, 3.05) is 19.7 Å². The van der Waals surface area contributed by atoms with Gasteiger partial charge in [0.2, 0.25) is 0 Å². The van der Waals surface area contributed by atoms with Crippen LogP contribution >= 0.6 is 0 Å². The lowest BCUT2D eigenvalue weighted by Crippen LogP contribution is -2.43. The average Bonchev–Trinajstić information content (AvgIpc) is 3.06. The lowest BCUT2D eigenvalue weighted by Gasteiger charge is -2.24. The van der Waals surface area contributed by atoms with Gasteiger partial charge in [-0.25, -0.2) is 9.18 Å². The van der Waals surface area contributed by atoms with Crippen molar-refractivity contribution >= 4 is 6.03 Å². The average molecular weight is 338 g/mol. The number of hydrogen-bond acceptors (Lipinski definition) is 3. The van der Waals surface area contributed by atoms with Gasteiger partial charge in [-0.1, -0.05) is 25.0 Å². The fourth-order valence-corrected chi connectivity index (χ4v) is 2.81. The zero-order chi connectivity index (χ0) is 17.4. The monoisotopic (exact) mass is 338 g/mol. The molecule has 24 heavy (non-hydrogen) atoms. The lowest BCUT2D eigenvalue weighted by molar-refractivity contribution is 0.0559. The van der Waals surface area contributed by atoms with Crippen LogP contribution in [0, 0.1) is 5.82 Å². The third-order valence-electron chi connectivity index (χ3n) is 4.32. The maximum absolute atomic E-state index is 12.9. The maximum Gasteiger partial charge on any atom is 0.314 e. The second-order valence-electron chi connectivity index (χ2n) is 6.52. The van der Waals surface area contributed by atoms with Crippen molar-refractivity contribution in [2.24, 2.45) is 0 Å². The molecule has 2 amide bonds. The molecule has 0 heterocycles. The van der Waals surface area contributed by atoms with E-state index in [4.69, 9.17) is 4.74 Å². The van der Waals surface area contributed by atoms with Gasteiger partial charge in [-0.3, -0.25) is 0 Å². The molecule has 3 N–H and O–H groups in total. The summed E-state index contributed by atoms with van der Waals surface area (Å²) in [5.41, 5.74) is -0.703. The van der Waals surface area contributed by atoms with Gasteiger partial charge in [-0.2, -0.15) is 0 Å². The highest BCUT2D eigenvalue weighted by atomic mass is 19.1. The first-order valence-corrected chi connectivity index (χ1v) is 8.59. The van der Waals surface area contributed by atoms with Crippen LogP contribution in [0.2, 0.25) is 0 Å². The van der Waals surface area contributed by atoms with Crippen molar-refractivity contribution in [1.82, 2.24) is 10.6 Å². The normalized spacial score (nSPS) is 17.5. The van der Waals surface area contributed by atoms with Gasteiger partial charge in [0.1, 0.15) is 11.4 Å². The van der Waals surface area contributed by atoms with Crippen LogP contribution in [0.15, 0.2) is 24.3 Å². The van der Waals surface area contributed by atoms with Crippen molar-refractivity contribution < 1.29 is 19.0 Å². The number of amides is 2. The molecule has 134 valence electrons. The molecule has 0 spiro atoms. The summed E-state index contributed by atoms with van der Waals surface area (Å²) in [6.45, 7) is 2.80. The fraction of sp³-hybridized carbons (Fsp3) is 0.611. The molecule has 6 heteroatoms. The van der Waals surface area contributed by atoms with Gasteiger partial charge in [0.05, 0.1) is 12.6 Å². The molecule has 1 aromatic rings. The van der Waals surface area contributed by atoms with Crippen LogP contribution in [0.25, 0.3) is 0 Å². The van der Waals surface area contributed by atoms with Gasteiger partial charge in [0.25, 0.3) is 0 Å². The number of rotatable bonds is 8. The van der Waals surface area contributed by atoms with Crippen LogP contribution in [-0.4, -0.2) is 36.9 Å². The zero-order valence-electron chi connectivity index (χ0n) is 14.2. The molecule has 0 bridgehead atoms. The van der Waals surface area contributed by atoms with Gasteiger partial charge in [0.15, 0.2) is 0 Å². The van der Waals surface area contributed by atoms with Crippen molar-refractivity contribution in [2.45, 2.75) is 50.7 Å². The number of hydrogen-bond donors (Lipinski definition) is 3. The van der Waals surface area contributed by atoms with Crippen LogP contribution in [0.3, 0.4) is 0 Å². The summed E-state index contributed by atoms with van der Waals surface area (Å²) >= 11 is 0. The van der Waals surface area contributed by atoms with Crippen LogP contribution in [0.5, 0.6) is 0 Å². The Hall–Kier alpha value is -1.66. The molecule has 5 nitrogen and oxygen atoms in total. The quantitative estimate of drug-likeness (QED) is 0.638. The highest BCUT2D eigenvalue weighted by molar-refractivity contribution is 5.73. The molecule has 1 aromatic carbocycles. The Balaban J connectivity index is 1.60. The summed E-state index contributed by atoms with van der Waals surface area (Å²) in [6, 6.07) is 5.26. The second kappa shape index (κ2) is 8.99.